The smallest absolute Gasteiger partial charge is 0.230 e. The third-order valence-electron chi connectivity index (χ3n) is 7.27. The Morgan fingerprint density at radius 1 is 0.846 bits per heavy atom. The summed E-state index contributed by atoms with van der Waals surface area (Å²) in [7, 11) is 0. The number of hydrogen-bond acceptors (Lipinski definition) is 5. The van der Waals surface area contributed by atoms with Gasteiger partial charge in [0.15, 0.2) is 0 Å². The highest BCUT2D eigenvalue weighted by Gasteiger charge is 2.33. The minimum atomic E-state index is -0.288. The van der Waals surface area contributed by atoms with E-state index in [9.17, 15) is 4.39 Å². The van der Waals surface area contributed by atoms with Crippen LogP contribution in [0.5, 0.6) is 0 Å². The predicted molar refractivity (Wildman–Crippen MR) is 147 cm³/mol. The number of ether oxygens (including phenoxy) is 1. The van der Waals surface area contributed by atoms with Crippen molar-refractivity contribution >= 4 is 11.1 Å². The lowest BCUT2D eigenvalue weighted by molar-refractivity contribution is -0.0383. The lowest BCUT2D eigenvalue weighted by Gasteiger charge is -2.35. The van der Waals surface area contributed by atoms with Crippen molar-refractivity contribution in [2.24, 2.45) is 0 Å². The molecule has 7 rings (SSSR count). The Morgan fingerprint density at radius 3 is 2.36 bits per heavy atom. The molecule has 6 aromatic rings. The quantitative estimate of drug-likeness (QED) is 0.220. The van der Waals surface area contributed by atoms with Crippen molar-refractivity contribution in [1.29, 1.82) is 0 Å². The molecule has 0 radical (unpaired) electrons. The summed E-state index contributed by atoms with van der Waals surface area (Å²) >= 11 is 0. The third kappa shape index (κ3) is 4.62. The van der Waals surface area contributed by atoms with Crippen LogP contribution in [0.25, 0.3) is 44.9 Å². The van der Waals surface area contributed by atoms with E-state index >= 15 is 0 Å². The molecule has 1 aliphatic rings. The van der Waals surface area contributed by atoms with Gasteiger partial charge in [-0.3, -0.25) is 4.68 Å². The van der Waals surface area contributed by atoms with Gasteiger partial charge >= 0.3 is 0 Å². The van der Waals surface area contributed by atoms with Gasteiger partial charge in [-0.15, -0.1) is 0 Å². The van der Waals surface area contributed by atoms with E-state index in [1.165, 1.54) is 24.0 Å². The molecule has 1 aliphatic carbocycles. The zero-order chi connectivity index (χ0) is 26.2. The summed E-state index contributed by atoms with van der Waals surface area (Å²) in [4.78, 5) is 9.04. The fraction of sp³-hybridized carbons (Fsp3) is 0.156. The molecule has 1 saturated carbocycles. The van der Waals surface area contributed by atoms with E-state index in [2.05, 4.69) is 22.1 Å². The van der Waals surface area contributed by atoms with Crippen molar-refractivity contribution in [3.63, 3.8) is 0 Å². The molecule has 0 unspecified atom stereocenters. The van der Waals surface area contributed by atoms with E-state index in [-0.39, 0.29) is 18.0 Å². The average molecular weight is 517 g/mol. The van der Waals surface area contributed by atoms with Crippen LogP contribution in [0.4, 0.5) is 4.39 Å². The van der Waals surface area contributed by atoms with Gasteiger partial charge in [0.1, 0.15) is 23.6 Å². The number of fused-ring (bicyclic) bond motifs is 1. The maximum absolute atomic E-state index is 13.8. The van der Waals surface area contributed by atoms with Crippen LogP contribution in [-0.4, -0.2) is 25.9 Å². The summed E-state index contributed by atoms with van der Waals surface area (Å²) in [6, 6.07) is 28.7. The number of rotatable bonds is 7. The predicted octanol–water partition coefficient (Wildman–Crippen LogP) is 7.48. The van der Waals surface area contributed by atoms with E-state index in [0.717, 1.165) is 52.1 Å². The molecule has 3 aromatic carbocycles. The van der Waals surface area contributed by atoms with Crippen LogP contribution in [0, 0.1) is 5.82 Å². The molecule has 0 saturated heterocycles. The number of halogens is 1. The highest BCUT2D eigenvalue weighted by atomic mass is 19.1. The summed E-state index contributed by atoms with van der Waals surface area (Å²) in [6.45, 7) is 0.604. The van der Waals surface area contributed by atoms with Gasteiger partial charge in [-0.05, 0) is 48.7 Å². The molecule has 39 heavy (non-hydrogen) atoms. The second kappa shape index (κ2) is 9.93. The van der Waals surface area contributed by atoms with Gasteiger partial charge in [-0.25, -0.2) is 14.4 Å². The molecule has 3 aromatic heterocycles. The number of furan rings is 1. The van der Waals surface area contributed by atoms with E-state index in [4.69, 9.17) is 14.3 Å². The maximum atomic E-state index is 13.8. The van der Waals surface area contributed by atoms with Crippen molar-refractivity contribution in [1.82, 2.24) is 19.7 Å². The molecule has 1 fully saturated rings. The number of benzene rings is 3. The first kappa shape index (κ1) is 23.5. The van der Waals surface area contributed by atoms with Crippen molar-refractivity contribution in [2.45, 2.75) is 31.6 Å². The largest absolute Gasteiger partial charge is 0.438 e. The molecule has 0 aliphatic heterocycles. The van der Waals surface area contributed by atoms with Gasteiger partial charge in [-0.2, -0.15) is 5.10 Å². The standard InChI is InChI=1S/C32H25FN4O2/c33-24-13-11-23(12-14-24)30-28(18-37(36-30)25-15-26(16-25)38-19-21-7-3-1-4-8-21)31-27-17-29(22-9-5-2-6-10-22)39-32(27)35-20-34-31/h1-14,17-18,20,25-26H,15-16,19H2. The molecule has 0 N–H and O–H groups in total. The number of nitrogens with zero attached hydrogens (tertiary/aromatic N) is 4. The number of aromatic nitrogens is 4. The van der Waals surface area contributed by atoms with Gasteiger partial charge in [0.25, 0.3) is 0 Å². The zero-order valence-corrected chi connectivity index (χ0v) is 21.1. The maximum Gasteiger partial charge on any atom is 0.230 e. The summed E-state index contributed by atoms with van der Waals surface area (Å²) in [5.41, 5.74) is 5.78. The van der Waals surface area contributed by atoms with Crippen LogP contribution >= 0.6 is 0 Å². The van der Waals surface area contributed by atoms with Gasteiger partial charge in [0, 0.05) is 22.9 Å². The van der Waals surface area contributed by atoms with Gasteiger partial charge in [-0.1, -0.05) is 60.7 Å². The Morgan fingerprint density at radius 2 is 1.59 bits per heavy atom. The molecule has 0 spiro atoms. The van der Waals surface area contributed by atoms with Crippen molar-refractivity contribution < 1.29 is 13.5 Å². The molecule has 0 atom stereocenters. The Labute approximate surface area is 224 Å². The first-order chi connectivity index (χ1) is 19.2. The lowest BCUT2D eigenvalue weighted by Crippen LogP contribution is -2.33. The molecular weight excluding hydrogens is 491 g/mol. The highest BCUT2D eigenvalue weighted by molar-refractivity contribution is 5.95. The zero-order valence-electron chi connectivity index (χ0n) is 21.1. The molecule has 192 valence electrons. The average Bonchev–Trinajstić information content (AvgIpc) is 3.59. The molecule has 0 bridgehead atoms. The number of hydrogen-bond donors (Lipinski definition) is 0. The SMILES string of the molecule is Fc1ccc(-c2nn(C3CC(OCc4ccccc4)C3)cc2-c2ncnc3oc(-c4ccccc4)cc23)cc1. The van der Waals surface area contributed by atoms with Crippen LogP contribution in [0.2, 0.25) is 0 Å². The van der Waals surface area contributed by atoms with Crippen molar-refractivity contribution in [3.8, 4) is 33.8 Å². The molecule has 3 heterocycles. The molecular formula is C32H25FN4O2. The Kier molecular flexibility index (Phi) is 5.98. The van der Waals surface area contributed by atoms with E-state index in [1.807, 2.05) is 65.5 Å². The topological polar surface area (TPSA) is 66.0 Å². The Bertz CT molecular complexity index is 1720. The van der Waals surface area contributed by atoms with Crippen LogP contribution in [0.15, 0.2) is 108 Å². The lowest BCUT2D eigenvalue weighted by atomic mass is 9.89. The molecule has 6 nitrogen and oxygen atoms in total. The van der Waals surface area contributed by atoms with Crippen LogP contribution < -0.4 is 0 Å². The first-order valence-corrected chi connectivity index (χ1v) is 13.0. The fourth-order valence-electron chi connectivity index (χ4n) is 5.07. The second-order valence-electron chi connectivity index (χ2n) is 9.84. The highest BCUT2D eigenvalue weighted by Crippen LogP contribution is 2.40. The van der Waals surface area contributed by atoms with Crippen LogP contribution in [0.1, 0.15) is 24.4 Å². The Balaban J connectivity index is 1.22. The minimum Gasteiger partial charge on any atom is -0.438 e. The van der Waals surface area contributed by atoms with E-state index < -0.39 is 0 Å². The van der Waals surface area contributed by atoms with Gasteiger partial charge < -0.3 is 9.15 Å². The van der Waals surface area contributed by atoms with E-state index in [1.54, 1.807) is 12.1 Å². The monoisotopic (exact) mass is 516 g/mol. The third-order valence-corrected chi connectivity index (χ3v) is 7.27. The summed E-state index contributed by atoms with van der Waals surface area (Å²) in [5.74, 6) is 0.435. The summed E-state index contributed by atoms with van der Waals surface area (Å²) < 4.78 is 28.0. The molecule has 0 amide bonds. The van der Waals surface area contributed by atoms with Gasteiger partial charge in [0.05, 0.1) is 29.8 Å². The normalized spacial score (nSPS) is 16.8. The van der Waals surface area contributed by atoms with Gasteiger partial charge in [0.2, 0.25) is 5.71 Å². The fourth-order valence-corrected chi connectivity index (χ4v) is 5.07. The van der Waals surface area contributed by atoms with Crippen molar-refractivity contribution in [3.05, 3.63) is 115 Å². The summed E-state index contributed by atoms with van der Waals surface area (Å²) in [5, 5.41) is 5.78. The van der Waals surface area contributed by atoms with Crippen LogP contribution in [0.3, 0.4) is 0 Å². The van der Waals surface area contributed by atoms with E-state index in [0.29, 0.717) is 12.3 Å². The van der Waals surface area contributed by atoms with Crippen LogP contribution in [-0.2, 0) is 11.3 Å². The second-order valence-corrected chi connectivity index (χ2v) is 9.84. The molecule has 7 heteroatoms. The summed E-state index contributed by atoms with van der Waals surface area (Å²) in [6.07, 6.45) is 5.48. The Hall–Kier alpha value is -4.62. The van der Waals surface area contributed by atoms with Crippen molar-refractivity contribution in [2.75, 3.05) is 0 Å². The minimum absolute atomic E-state index is 0.185. The first-order valence-electron chi connectivity index (χ1n) is 13.0.